The molecule has 0 saturated carbocycles. The molecule has 3 N–H and O–H groups in total. The van der Waals surface area contributed by atoms with Gasteiger partial charge in [0.05, 0.1) is 27.4 Å². The zero-order chi connectivity index (χ0) is 25.0. The van der Waals surface area contributed by atoms with Gasteiger partial charge in [0.1, 0.15) is 5.76 Å². The molecular formula is C26H16N4O5S. The summed E-state index contributed by atoms with van der Waals surface area (Å²) >= 11 is 1.09. The van der Waals surface area contributed by atoms with Crippen molar-refractivity contribution < 1.29 is 24.6 Å². The van der Waals surface area contributed by atoms with Crippen molar-refractivity contribution in [1.82, 2.24) is 15.0 Å². The SMILES string of the molecule is O=C1C(=O)N(c2nc3ccc(C(=O)O)cc3s2)C(c2cccnc2)/C1=C(\O)c1c[nH]c2ccccc12. The molecule has 6 rings (SSSR count). The Labute approximate surface area is 207 Å². The first-order chi connectivity index (χ1) is 17.4. The summed E-state index contributed by atoms with van der Waals surface area (Å²) in [5, 5.41) is 21.6. The highest BCUT2D eigenvalue weighted by Crippen LogP contribution is 2.44. The molecule has 5 aromatic rings. The van der Waals surface area contributed by atoms with Gasteiger partial charge in [-0.2, -0.15) is 0 Å². The summed E-state index contributed by atoms with van der Waals surface area (Å²) in [6.45, 7) is 0. The first-order valence-electron chi connectivity index (χ1n) is 10.9. The number of Topliss-reactive ketones (excluding diaryl/α,β-unsaturated/α-hetero) is 1. The zero-order valence-electron chi connectivity index (χ0n) is 18.4. The third-order valence-corrected chi connectivity index (χ3v) is 7.14. The summed E-state index contributed by atoms with van der Waals surface area (Å²) in [5.41, 5.74) is 2.18. The van der Waals surface area contributed by atoms with Gasteiger partial charge in [-0.25, -0.2) is 9.78 Å². The first-order valence-corrected chi connectivity index (χ1v) is 11.7. The molecule has 10 heteroatoms. The lowest BCUT2D eigenvalue weighted by Gasteiger charge is -2.22. The summed E-state index contributed by atoms with van der Waals surface area (Å²) in [6, 6.07) is 14.2. The molecule has 1 saturated heterocycles. The number of H-pyrrole nitrogens is 1. The second-order valence-electron chi connectivity index (χ2n) is 8.19. The van der Waals surface area contributed by atoms with Crippen LogP contribution in [-0.2, 0) is 9.59 Å². The smallest absolute Gasteiger partial charge is 0.335 e. The van der Waals surface area contributed by atoms with E-state index in [9.17, 15) is 24.6 Å². The number of anilines is 1. The topological polar surface area (TPSA) is 136 Å². The molecule has 1 fully saturated rings. The van der Waals surface area contributed by atoms with Crippen LogP contribution in [0.25, 0.3) is 26.9 Å². The van der Waals surface area contributed by atoms with Gasteiger partial charge >= 0.3 is 11.9 Å². The predicted molar refractivity (Wildman–Crippen MR) is 134 cm³/mol. The highest BCUT2D eigenvalue weighted by atomic mass is 32.1. The maximum atomic E-state index is 13.4. The van der Waals surface area contributed by atoms with E-state index in [-0.39, 0.29) is 22.0 Å². The number of para-hydroxylation sites is 1. The van der Waals surface area contributed by atoms with E-state index < -0.39 is 23.7 Å². The number of thiazole rings is 1. The fourth-order valence-electron chi connectivity index (χ4n) is 4.44. The molecule has 9 nitrogen and oxygen atoms in total. The molecule has 0 bridgehead atoms. The molecule has 0 aliphatic carbocycles. The van der Waals surface area contributed by atoms with Gasteiger partial charge in [0.2, 0.25) is 0 Å². The fourth-order valence-corrected chi connectivity index (χ4v) is 5.48. The number of nitrogens with zero attached hydrogens (tertiary/aromatic N) is 3. The minimum atomic E-state index is -1.08. The number of carbonyl (C=O) groups is 3. The fraction of sp³-hybridized carbons (Fsp3) is 0.0385. The summed E-state index contributed by atoms with van der Waals surface area (Å²) in [6.07, 6.45) is 4.70. The van der Waals surface area contributed by atoms with E-state index in [2.05, 4.69) is 15.0 Å². The number of amides is 1. The van der Waals surface area contributed by atoms with Crippen molar-refractivity contribution in [1.29, 1.82) is 0 Å². The number of carboxylic acids is 1. The van der Waals surface area contributed by atoms with E-state index in [1.807, 2.05) is 24.3 Å². The maximum absolute atomic E-state index is 13.4. The van der Waals surface area contributed by atoms with Crippen LogP contribution in [0, 0.1) is 0 Å². The zero-order valence-corrected chi connectivity index (χ0v) is 19.2. The van der Waals surface area contributed by atoms with Crippen LogP contribution in [0.2, 0.25) is 0 Å². The average molecular weight is 497 g/mol. The van der Waals surface area contributed by atoms with E-state index >= 15 is 0 Å². The van der Waals surface area contributed by atoms with Gasteiger partial charge in [-0.05, 0) is 35.9 Å². The standard InChI is InChI=1S/C26H16N4O5S/c31-22(16-12-28-17-6-2-1-5-15(16)17)20-21(14-4-3-9-27-11-14)30(24(33)23(20)32)26-29-18-8-7-13(25(34)35)10-19(18)36-26/h1-12,21,28,31H,(H,34,35)/b22-20+. The van der Waals surface area contributed by atoms with Crippen molar-refractivity contribution >= 4 is 61.0 Å². The van der Waals surface area contributed by atoms with Crippen LogP contribution < -0.4 is 4.90 Å². The van der Waals surface area contributed by atoms with Gasteiger partial charge in [0, 0.05) is 35.1 Å². The second-order valence-corrected chi connectivity index (χ2v) is 9.20. The predicted octanol–water partition coefficient (Wildman–Crippen LogP) is 4.50. The van der Waals surface area contributed by atoms with E-state index in [4.69, 9.17) is 0 Å². The number of fused-ring (bicyclic) bond motifs is 2. The number of ketones is 1. The number of aromatic amines is 1. The van der Waals surface area contributed by atoms with E-state index in [1.54, 1.807) is 30.6 Å². The van der Waals surface area contributed by atoms with Crippen LogP contribution in [0.5, 0.6) is 0 Å². The molecule has 2 aromatic carbocycles. The Bertz CT molecular complexity index is 1740. The normalized spacial score (nSPS) is 17.3. The second kappa shape index (κ2) is 8.14. The molecule has 176 valence electrons. The molecule has 36 heavy (non-hydrogen) atoms. The van der Waals surface area contributed by atoms with E-state index in [1.165, 1.54) is 23.2 Å². The van der Waals surface area contributed by atoms with Crippen LogP contribution >= 0.6 is 11.3 Å². The summed E-state index contributed by atoms with van der Waals surface area (Å²) in [4.78, 5) is 51.1. The number of rotatable bonds is 4. The molecule has 3 aromatic heterocycles. The monoisotopic (exact) mass is 496 g/mol. The largest absolute Gasteiger partial charge is 0.507 e. The Morgan fingerprint density at radius 3 is 2.67 bits per heavy atom. The number of aliphatic hydroxyl groups excluding tert-OH is 1. The summed E-state index contributed by atoms with van der Waals surface area (Å²) in [7, 11) is 0. The molecule has 1 amide bonds. The molecule has 1 aliphatic heterocycles. The number of hydrogen-bond donors (Lipinski definition) is 3. The highest BCUT2D eigenvalue weighted by Gasteiger charge is 2.48. The third kappa shape index (κ3) is 3.27. The lowest BCUT2D eigenvalue weighted by Crippen LogP contribution is -2.29. The van der Waals surface area contributed by atoms with Gasteiger partial charge in [-0.1, -0.05) is 35.6 Å². The average Bonchev–Trinajstić information content (AvgIpc) is 3.58. The summed E-state index contributed by atoms with van der Waals surface area (Å²) in [5.74, 6) is -3.09. The van der Waals surface area contributed by atoms with Gasteiger partial charge in [0.15, 0.2) is 5.13 Å². The Morgan fingerprint density at radius 2 is 1.89 bits per heavy atom. The Balaban J connectivity index is 1.56. The van der Waals surface area contributed by atoms with Crippen LogP contribution in [-0.4, -0.2) is 42.8 Å². The Hall–Kier alpha value is -4.83. The number of nitrogens with one attached hydrogen (secondary N) is 1. The number of pyridine rings is 1. The Kier molecular flexibility index (Phi) is 4.90. The van der Waals surface area contributed by atoms with Gasteiger partial charge in [-0.3, -0.25) is 19.5 Å². The van der Waals surface area contributed by atoms with Crippen LogP contribution in [0.3, 0.4) is 0 Å². The number of benzene rings is 2. The van der Waals surface area contributed by atoms with Crippen molar-refractivity contribution in [3.8, 4) is 0 Å². The lowest BCUT2D eigenvalue weighted by molar-refractivity contribution is -0.132. The van der Waals surface area contributed by atoms with Crippen molar-refractivity contribution in [3.05, 3.63) is 95.5 Å². The molecule has 0 spiro atoms. The van der Waals surface area contributed by atoms with E-state index in [0.29, 0.717) is 26.7 Å². The van der Waals surface area contributed by atoms with Crippen molar-refractivity contribution in [2.75, 3.05) is 4.90 Å². The molecule has 4 heterocycles. The Morgan fingerprint density at radius 1 is 1.06 bits per heavy atom. The molecule has 1 unspecified atom stereocenters. The molecule has 1 aliphatic rings. The number of aromatic nitrogens is 3. The van der Waals surface area contributed by atoms with Gasteiger partial charge in [0.25, 0.3) is 5.78 Å². The number of carboxylic acid groups (broad SMARTS) is 1. The highest BCUT2D eigenvalue weighted by molar-refractivity contribution is 7.22. The van der Waals surface area contributed by atoms with Crippen LogP contribution in [0.4, 0.5) is 5.13 Å². The molecular weight excluding hydrogens is 480 g/mol. The van der Waals surface area contributed by atoms with Gasteiger partial charge < -0.3 is 15.2 Å². The summed E-state index contributed by atoms with van der Waals surface area (Å²) < 4.78 is 0.549. The van der Waals surface area contributed by atoms with Gasteiger partial charge in [-0.15, -0.1) is 0 Å². The van der Waals surface area contributed by atoms with Crippen LogP contribution in [0.15, 0.2) is 78.8 Å². The minimum Gasteiger partial charge on any atom is -0.507 e. The quantitative estimate of drug-likeness (QED) is 0.189. The third-order valence-electron chi connectivity index (χ3n) is 6.12. The lowest BCUT2D eigenvalue weighted by atomic mass is 9.96. The molecule has 1 atom stereocenters. The number of aliphatic hydroxyl groups is 1. The number of aromatic carboxylic acids is 1. The minimum absolute atomic E-state index is 0.0803. The van der Waals surface area contributed by atoms with Crippen LogP contribution in [0.1, 0.15) is 27.5 Å². The first kappa shape index (κ1) is 21.7. The van der Waals surface area contributed by atoms with E-state index in [0.717, 1.165) is 16.9 Å². The van der Waals surface area contributed by atoms with Crippen molar-refractivity contribution in [2.45, 2.75) is 6.04 Å². The van der Waals surface area contributed by atoms with Crippen molar-refractivity contribution in [3.63, 3.8) is 0 Å². The number of carbonyl (C=O) groups excluding carboxylic acids is 2. The number of hydrogen-bond acceptors (Lipinski definition) is 7. The maximum Gasteiger partial charge on any atom is 0.335 e. The van der Waals surface area contributed by atoms with Crippen molar-refractivity contribution in [2.24, 2.45) is 0 Å². The molecule has 0 radical (unpaired) electrons.